The molecule has 0 saturated carbocycles. The molecule has 168 valence electrons. The molecule has 0 radical (unpaired) electrons. The lowest BCUT2D eigenvalue weighted by atomic mass is 10.1. The van der Waals surface area contributed by atoms with E-state index in [-0.39, 0.29) is 17.4 Å². The number of aromatic nitrogens is 1. The number of hydrogen-bond donors (Lipinski definition) is 1. The summed E-state index contributed by atoms with van der Waals surface area (Å²) in [6.45, 7) is 7.19. The van der Waals surface area contributed by atoms with Crippen molar-refractivity contribution in [1.29, 1.82) is 0 Å². The molecular formula is C27H27NO4Si. The van der Waals surface area contributed by atoms with Crippen molar-refractivity contribution in [1.82, 2.24) is 4.98 Å². The second-order valence-electron chi connectivity index (χ2n) is 9.37. The van der Waals surface area contributed by atoms with E-state index in [1.54, 1.807) is 6.07 Å². The monoisotopic (exact) mass is 457 g/mol. The summed E-state index contributed by atoms with van der Waals surface area (Å²) in [5, 5.41) is 3.65. The molecule has 1 aliphatic rings. The molecule has 0 atom stereocenters. The Morgan fingerprint density at radius 3 is 2.03 bits per heavy atom. The minimum Gasteiger partial charge on any atom is -0.454 e. The molecule has 0 saturated heterocycles. The third kappa shape index (κ3) is 3.75. The van der Waals surface area contributed by atoms with Crippen molar-refractivity contribution in [3.63, 3.8) is 0 Å². The molecular weight excluding hydrogens is 430 g/mol. The molecule has 0 aliphatic carbocycles. The van der Waals surface area contributed by atoms with Crippen molar-refractivity contribution in [3.8, 4) is 11.5 Å². The van der Waals surface area contributed by atoms with Crippen LogP contribution in [0.3, 0.4) is 0 Å². The highest BCUT2D eigenvalue weighted by Gasteiger charge is 2.50. The summed E-state index contributed by atoms with van der Waals surface area (Å²) in [6, 6.07) is 26.5. The summed E-state index contributed by atoms with van der Waals surface area (Å²) in [4.78, 5) is 15.9. The predicted octanol–water partition coefficient (Wildman–Crippen LogP) is 4.33. The molecule has 0 unspecified atom stereocenters. The van der Waals surface area contributed by atoms with Crippen LogP contribution in [0, 0.1) is 0 Å². The maximum atomic E-state index is 12.9. The Balaban J connectivity index is 1.59. The van der Waals surface area contributed by atoms with Crippen LogP contribution in [0.2, 0.25) is 5.04 Å². The zero-order valence-electron chi connectivity index (χ0n) is 19.1. The van der Waals surface area contributed by atoms with E-state index >= 15 is 0 Å². The number of ether oxygens (including phenoxy) is 2. The van der Waals surface area contributed by atoms with Gasteiger partial charge in [-0.05, 0) is 39.0 Å². The molecule has 2 heterocycles. The largest absolute Gasteiger partial charge is 0.454 e. The van der Waals surface area contributed by atoms with Crippen LogP contribution in [0.4, 0.5) is 0 Å². The van der Waals surface area contributed by atoms with Crippen LogP contribution in [0.15, 0.2) is 83.7 Å². The Morgan fingerprint density at radius 2 is 1.45 bits per heavy atom. The Labute approximate surface area is 194 Å². The van der Waals surface area contributed by atoms with Crippen molar-refractivity contribution < 1.29 is 13.9 Å². The summed E-state index contributed by atoms with van der Waals surface area (Å²) in [6.07, 6.45) is 0. The highest BCUT2D eigenvalue weighted by molar-refractivity contribution is 6.99. The number of hydrogen-bond acceptors (Lipinski definition) is 4. The number of aromatic amines is 1. The summed E-state index contributed by atoms with van der Waals surface area (Å²) in [5.41, 5.74) is 0.575. The van der Waals surface area contributed by atoms with Crippen LogP contribution >= 0.6 is 0 Å². The van der Waals surface area contributed by atoms with E-state index in [4.69, 9.17) is 13.9 Å². The van der Waals surface area contributed by atoms with Gasteiger partial charge in [0.15, 0.2) is 11.5 Å². The van der Waals surface area contributed by atoms with Gasteiger partial charge in [-0.3, -0.25) is 4.79 Å². The molecule has 33 heavy (non-hydrogen) atoms. The molecule has 3 aromatic carbocycles. The molecule has 0 spiro atoms. The molecule has 6 heteroatoms. The smallest absolute Gasteiger partial charge is 0.261 e. The number of rotatable bonds is 5. The standard InChI is InChI=1S/C27H27NO4Si/c1-27(2,3)33(21-10-6-4-7-11-21,22-12-8-5-9-13-22)32-17-20-14-19-15-24-25(31-18-30-24)16-23(19)26(29)28-20/h4-16H,17-18H2,1-3H3,(H,28,29). The Kier molecular flexibility index (Phi) is 5.35. The van der Waals surface area contributed by atoms with Gasteiger partial charge in [0.25, 0.3) is 13.9 Å². The molecule has 5 rings (SSSR count). The quantitative estimate of drug-likeness (QED) is 0.453. The van der Waals surface area contributed by atoms with Gasteiger partial charge in [0.2, 0.25) is 6.79 Å². The number of nitrogens with one attached hydrogen (secondary N) is 1. The maximum Gasteiger partial charge on any atom is 0.261 e. The van der Waals surface area contributed by atoms with Gasteiger partial charge < -0.3 is 18.9 Å². The fourth-order valence-corrected chi connectivity index (χ4v) is 9.26. The van der Waals surface area contributed by atoms with Gasteiger partial charge in [0, 0.05) is 5.69 Å². The van der Waals surface area contributed by atoms with Crippen molar-refractivity contribution >= 4 is 29.5 Å². The predicted molar refractivity (Wildman–Crippen MR) is 133 cm³/mol. The van der Waals surface area contributed by atoms with E-state index in [1.807, 2.05) is 24.3 Å². The van der Waals surface area contributed by atoms with E-state index in [9.17, 15) is 4.79 Å². The van der Waals surface area contributed by atoms with Crippen molar-refractivity contribution in [2.75, 3.05) is 6.79 Å². The first-order valence-electron chi connectivity index (χ1n) is 11.1. The second kappa shape index (κ2) is 8.21. The Morgan fingerprint density at radius 1 is 0.879 bits per heavy atom. The zero-order valence-corrected chi connectivity index (χ0v) is 20.1. The van der Waals surface area contributed by atoms with Crippen LogP contribution in [-0.2, 0) is 11.0 Å². The molecule has 0 fully saturated rings. The highest BCUT2D eigenvalue weighted by atomic mass is 28.4. The minimum atomic E-state index is -2.70. The van der Waals surface area contributed by atoms with Crippen molar-refractivity contribution in [2.45, 2.75) is 32.4 Å². The fraction of sp³-hybridized carbons (Fsp3) is 0.222. The zero-order chi connectivity index (χ0) is 23.1. The van der Waals surface area contributed by atoms with Crippen molar-refractivity contribution in [2.24, 2.45) is 0 Å². The molecule has 1 N–H and O–H groups in total. The first-order chi connectivity index (χ1) is 15.9. The third-order valence-electron chi connectivity index (χ3n) is 6.25. The van der Waals surface area contributed by atoms with Gasteiger partial charge in [0.1, 0.15) is 0 Å². The number of benzene rings is 3. The van der Waals surface area contributed by atoms with Gasteiger partial charge in [0.05, 0.1) is 12.0 Å². The van der Waals surface area contributed by atoms with Crippen LogP contribution < -0.4 is 25.4 Å². The van der Waals surface area contributed by atoms with Gasteiger partial charge in [-0.25, -0.2) is 0 Å². The van der Waals surface area contributed by atoms with E-state index in [2.05, 4.69) is 74.3 Å². The van der Waals surface area contributed by atoms with Gasteiger partial charge >= 0.3 is 0 Å². The fourth-order valence-electron chi connectivity index (χ4n) is 4.74. The lowest BCUT2D eigenvalue weighted by molar-refractivity contribution is 0.174. The molecule has 5 nitrogen and oxygen atoms in total. The van der Waals surface area contributed by atoms with Crippen LogP contribution in [0.5, 0.6) is 11.5 Å². The lowest BCUT2D eigenvalue weighted by Gasteiger charge is -2.43. The van der Waals surface area contributed by atoms with Crippen LogP contribution in [-0.4, -0.2) is 20.1 Å². The first kappa shape index (κ1) is 21.5. The summed E-state index contributed by atoms with van der Waals surface area (Å²) in [5.74, 6) is 1.26. The Bertz CT molecular complexity index is 1300. The number of pyridine rings is 1. The van der Waals surface area contributed by atoms with Crippen LogP contribution in [0.1, 0.15) is 26.5 Å². The normalized spacial score (nSPS) is 13.4. The summed E-state index contributed by atoms with van der Waals surface area (Å²) in [7, 11) is -2.70. The lowest BCUT2D eigenvalue weighted by Crippen LogP contribution is -2.66. The van der Waals surface area contributed by atoms with E-state index in [1.165, 1.54) is 10.4 Å². The first-order valence-corrected chi connectivity index (χ1v) is 13.0. The number of fused-ring (bicyclic) bond motifs is 2. The molecule has 0 bridgehead atoms. The summed E-state index contributed by atoms with van der Waals surface area (Å²) < 4.78 is 17.9. The second-order valence-corrected chi connectivity index (χ2v) is 13.7. The van der Waals surface area contributed by atoms with Gasteiger partial charge in [-0.2, -0.15) is 0 Å². The average molecular weight is 458 g/mol. The maximum absolute atomic E-state index is 12.9. The van der Waals surface area contributed by atoms with E-state index in [0.29, 0.717) is 23.5 Å². The summed E-state index contributed by atoms with van der Waals surface area (Å²) >= 11 is 0. The van der Waals surface area contributed by atoms with Crippen molar-refractivity contribution in [3.05, 3.63) is 94.9 Å². The highest BCUT2D eigenvalue weighted by Crippen LogP contribution is 2.38. The molecule has 4 aromatic rings. The molecule has 1 aromatic heterocycles. The molecule has 1 aliphatic heterocycles. The number of H-pyrrole nitrogens is 1. The third-order valence-corrected chi connectivity index (χ3v) is 11.2. The van der Waals surface area contributed by atoms with Crippen LogP contribution in [0.25, 0.3) is 10.8 Å². The molecule has 0 amide bonds. The van der Waals surface area contributed by atoms with E-state index in [0.717, 1.165) is 11.1 Å². The van der Waals surface area contributed by atoms with E-state index < -0.39 is 8.32 Å². The van der Waals surface area contributed by atoms with Gasteiger partial charge in [-0.15, -0.1) is 0 Å². The SMILES string of the molecule is CC(C)(C)[Si](OCc1cc2cc3c(cc2c(=O)[nH]1)OCO3)(c1ccccc1)c1ccccc1. The minimum absolute atomic E-state index is 0.140. The van der Waals surface area contributed by atoms with Gasteiger partial charge in [-0.1, -0.05) is 81.4 Å². The Hall–Kier alpha value is -3.35. The average Bonchev–Trinajstić information content (AvgIpc) is 3.26. The topological polar surface area (TPSA) is 60.6 Å².